The van der Waals surface area contributed by atoms with E-state index in [0.717, 1.165) is 48.8 Å². The van der Waals surface area contributed by atoms with Gasteiger partial charge in [-0.1, -0.05) is 0 Å². The van der Waals surface area contributed by atoms with E-state index < -0.39 is 0 Å². The number of carbonyl (C=O) groups excluding carboxylic acids is 1. The Balaban J connectivity index is 1.44. The standard InChI is InChI=1S/C14H16N4OS/c19-14(11-7-9-3-1-4-10(9)20-11)15-8-13-17-16-12-5-2-6-18(12)13/h7H,1-6,8H2,(H,15,19). The summed E-state index contributed by atoms with van der Waals surface area (Å²) >= 11 is 1.64. The van der Waals surface area contributed by atoms with E-state index in [0.29, 0.717) is 6.54 Å². The Morgan fingerprint density at radius 2 is 2.25 bits per heavy atom. The monoisotopic (exact) mass is 288 g/mol. The normalized spacial score (nSPS) is 16.2. The molecule has 1 aliphatic heterocycles. The summed E-state index contributed by atoms with van der Waals surface area (Å²) in [5.74, 6) is 1.93. The van der Waals surface area contributed by atoms with Gasteiger partial charge in [0, 0.05) is 17.8 Å². The summed E-state index contributed by atoms with van der Waals surface area (Å²) in [7, 11) is 0. The first-order valence-corrected chi connectivity index (χ1v) is 7.93. The van der Waals surface area contributed by atoms with Crippen molar-refractivity contribution in [1.82, 2.24) is 20.1 Å². The number of rotatable bonds is 3. The van der Waals surface area contributed by atoms with Crippen molar-refractivity contribution in [3.63, 3.8) is 0 Å². The van der Waals surface area contributed by atoms with E-state index in [-0.39, 0.29) is 5.91 Å². The van der Waals surface area contributed by atoms with E-state index in [1.165, 1.54) is 16.9 Å². The third-order valence-corrected chi connectivity index (χ3v) is 5.30. The molecule has 0 spiro atoms. The van der Waals surface area contributed by atoms with E-state index in [1.807, 2.05) is 0 Å². The molecule has 1 N–H and O–H groups in total. The number of hydrogen-bond acceptors (Lipinski definition) is 4. The maximum absolute atomic E-state index is 12.2. The van der Waals surface area contributed by atoms with Gasteiger partial charge in [0.25, 0.3) is 5.91 Å². The first-order valence-electron chi connectivity index (χ1n) is 7.12. The van der Waals surface area contributed by atoms with Crippen LogP contribution in [0, 0.1) is 0 Å². The minimum Gasteiger partial charge on any atom is -0.344 e. The number of nitrogens with zero attached hydrogens (tertiary/aromatic N) is 3. The van der Waals surface area contributed by atoms with Crippen LogP contribution in [0.25, 0.3) is 0 Å². The highest BCUT2D eigenvalue weighted by molar-refractivity contribution is 7.14. The molecule has 104 valence electrons. The largest absolute Gasteiger partial charge is 0.344 e. The zero-order valence-corrected chi connectivity index (χ0v) is 12.0. The predicted octanol–water partition coefficient (Wildman–Crippen LogP) is 1.70. The predicted molar refractivity (Wildman–Crippen MR) is 75.9 cm³/mol. The van der Waals surface area contributed by atoms with Gasteiger partial charge in [-0.2, -0.15) is 0 Å². The van der Waals surface area contributed by atoms with E-state index in [1.54, 1.807) is 11.3 Å². The van der Waals surface area contributed by atoms with E-state index in [9.17, 15) is 4.79 Å². The minimum absolute atomic E-state index is 0.0137. The van der Waals surface area contributed by atoms with Gasteiger partial charge in [-0.15, -0.1) is 21.5 Å². The van der Waals surface area contributed by atoms with Crippen LogP contribution in [-0.4, -0.2) is 20.7 Å². The topological polar surface area (TPSA) is 59.8 Å². The SMILES string of the molecule is O=C(NCc1nnc2n1CCC2)c1cc2c(s1)CCC2. The van der Waals surface area contributed by atoms with Crippen molar-refractivity contribution in [3.05, 3.63) is 33.0 Å². The number of aryl methyl sites for hydroxylation is 3. The summed E-state index contributed by atoms with van der Waals surface area (Å²) in [4.78, 5) is 14.4. The second-order valence-electron chi connectivity index (χ2n) is 5.38. The van der Waals surface area contributed by atoms with Gasteiger partial charge < -0.3 is 9.88 Å². The van der Waals surface area contributed by atoms with E-state index in [4.69, 9.17) is 0 Å². The Hall–Kier alpha value is -1.69. The zero-order chi connectivity index (χ0) is 13.5. The Morgan fingerprint density at radius 1 is 1.30 bits per heavy atom. The van der Waals surface area contributed by atoms with Gasteiger partial charge in [0.15, 0.2) is 5.82 Å². The maximum Gasteiger partial charge on any atom is 0.261 e. The molecule has 0 fully saturated rings. The molecular formula is C14H16N4OS. The average Bonchev–Trinajstić information content (AvgIpc) is 3.15. The molecule has 1 amide bonds. The van der Waals surface area contributed by atoms with Crippen LogP contribution in [-0.2, 0) is 32.4 Å². The number of fused-ring (bicyclic) bond motifs is 2. The van der Waals surface area contributed by atoms with Crippen LogP contribution < -0.4 is 5.32 Å². The molecule has 0 saturated heterocycles. The molecule has 0 radical (unpaired) electrons. The van der Waals surface area contributed by atoms with Gasteiger partial charge >= 0.3 is 0 Å². The maximum atomic E-state index is 12.2. The summed E-state index contributed by atoms with van der Waals surface area (Å²) in [6.07, 6.45) is 5.61. The highest BCUT2D eigenvalue weighted by atomic mass is 32.1. The molecule has 0 aromatic carbocycles. The van der Waals surface area contributed by atoms with Crippen LogP contribution >= 0.6 is 11.3 Å². The van der Waals surface area contributed by atoms with Gasteiger partial charge in [0.05, 0.1) is 11.4 Å². The lowest BCUT2D eigenvalue weighted by Gasteiger charge is -2.04. The molecule has 5 nitrogen and oxygen atoms in total. The Morgan fingerprint density at radius 3 is 3.15 bits per heavy atom. The van der Waals surface area contributed by atoms with E-state index in [2.05, 4.69) is 26.1 Å². The molecule has 4 rings (SSSR count). The lowest BCUT2D eigenvalue weighted by atomic mass is 10.2. The molecule has 0 atom stereocenters. The Labute approximate surface area is 121 Å². The van der Waals surface area contributed by atoms with Crippen molar-refractivity contribution in [2.24, 2.45) is 0 Å². The highest BCUT2D eigenvalue weighted by Crippen LogP contribution is 2.30. The van der Waals surface area contributed by atoms with Gasteiger partial charge in [-0.25, -0.2) is 0 Å². The zero-order valence-electron chi connectivity index (χ0n) is 11.2. The molecule has 2 aliphatic rings. The number of aromatic nitrogens is 3. The second-order valence-corrected chi connectivity index (χ2v) is 6.52. The molecular weight excluding hydrogens is 272 g/mol. The fourth-order valence-electron chi connectivity index (χ4n) is 3.03. The molecule has 20 heavy (non-hydrogen) atoms. The third-order valence-electron chi connectivity index (χ3n) is 4.06. The molecule has 3 heterocycles. The number of amides is 1. The van der Waals surface area contributed by atoms with E-state index >= 15 is 0 Å². The highest BCUT2D eigenvalue weighted by Gasteiger charge is 2.20. The lowest BCUT2D eigenvalue weighted by Crippen LogP contribution is -2.23. The van der Waals surface area contributed by atoms with Gasteiger partial charge in [-0.05, 0) is 37.3 Å². The quantitative estimate of drug-likeness (QED) is 0.935. The summed E-state index contributed by atoms with van der Waals surface area (Å²) in [6.45, 7) is 1.44. The lowest BCUT2D eigenvalue weighted by molar-refractivity contribution is 0.0953. The number of nitrogens with one attached hydrogen (secondary N) is 1. The van der Waals surface area contributed by atoms with Crippen LogP contribution in [0.3, 0.4) is 0 Å². The minimum atomic E-state index is 0.0137. The van der Waals surface area contributed by atoms with Gasteiger partial charge in [0.2, 0.25) is 0 Å². The molecule has 0 unspecified atom stereocenters. The number of carbonyl (C=O) groups is 1. The van der Waals surface area contributed by atoms with Crippen LogP contribution in [0.2, 0.25) is 0 Å². The molecule has 1 aliphatic carbocycles. The Kier molecular flexibility index (Phi) is 2.84. The van der Waals surface area contributed by atoms with Crippen molar-refractivity contribution in [2.75, 3.05) is 0 Å². The summed E-state index contributed by atoms with van der Waals surface area (Å²) in [5, 5.41) is 11.3. The van der Waals surface area contributed by atoms with Crippen molar-refractivity contribution in [2.45, 2.75) is 45.2 Å². The molecule has 6 heteroatoms. The number of hydrogen-bond donors (Lipinski definition) is 1. The number of thiophene rings is 1. The third kappa shape index (κ3) is 1.95. The molecule has 2 aromatic rings. The van der Waals surface area contributed by atoms with Crippen molar-refractivity contribution < 1.29 is 4.79 Å². The summed E-state index contributed by atoms with van der Waals surface area (Å²) in [5.41, 5.74) is 1.36. The van der Waals surface area contributed by atoms with Crippen molar-refractivity contribution in [3.8, 4) is 0 Å². The molecule has 0 bridgehead atoms. The average molecular weight is 288 g/mol. The first kappa shape index (κ1) is 12.1. The fourth-order valence-corrected chi connectivity index (χ4v) is 4.20. The van der Waals surface area contributed by atoms with Gasteiger partial charge in [0.1, 0.15) is 5.82 Å². The van der Waals surface area contributed by atoms with Crippen LogP contribution in [0.1, 0.15) is 44.6 Å². The Bertz CT molecular complexity index is 651. The first-order chi connectivity index (χ1) is 9.81. The van der Waals surface area contributed by atoms with Crippen LogP contribution in [0.4, 0.5) is 0 Å². The smallest absolute Gasteiger partial charge is 0.261 e. The fraction of sp³-hybridized carbons (Fsp3) is 0.500. The van der Waals surface area contributed by atoms with Crippen molar-refractivity contribution >= 4 is 17.2 Å². The molecule has 2 aromatic heterocycles. The molecule has 0 saturated carbocycles. The van der Waals surface area contributed by atoms with Crippen molar-refractivity contribution in [1.29, 1.82) is 0 Å². The van der Waals surface area contributed by atoms with Crippen LogP contribution in [0.5, 0.6) is 0 Å². The van der Waals surface area contributed by atoms with Crippen LogP contribution in [0.15, 0.2) is 6.07 Å². The summed E-state index contributed by atoms with van der Waals surface area (Å²) in [6, 6.07) is 2.05. The summed E-state index contributed by atoms with van der Waals surface area (Å²) < 4.78 is 2.12. The second kappa shape index (κ2) is 4.70. The van der Waals surface area contributed by atoms with Gasteiger partial charge in [-0.3, -0.25) is 4.79 Å².